The van der Waals surface area contributed by atoms with Gasteiger partial charge < -0.3 is 24.4 Å². The summed E-state index contributed by atoms with van der Waals surface area (Å²) < 4.78 is 15.6. The van der Waals surface area contributed by atoms with E-state index < -0.39 is 0 Å². The maximum Gasteiger partial charge on any atom is 0.338 e. The third-order valence-corrected chi connectivity index (χ3v) is 4.13. The molecule has 2 aromatic rings. The molecule has 0 aromatic heterocycles. The smallest absolute Gasteiger partial charge is 0.338 e. The molecule has 7 nitrogen and oxygen atoms in total. The van der Waals surface area contributed by atoms with Gasteiger partial charge in [-0.1, -0.05) is 0 Å². The van der Waals surface area contributed by atoms with E-state index >= 15 is 0 Å². The molecule has 0 radical (unpaired) electrons. The van der Waals surface area contributed by atoms with E-state index in [0.717, 1.165) is 22.0 Å². The molecule has 150 valence electrons. The zero-order chi connectivity index (χ0) is 20.5. The molecule has 0 aliphatic carbocycles. The van der Waals surface area contributed by atoms with Crippen LogP contribution in [0.1, 0.15) is 22.8 Å². The zero-order valence-corrected chi connectivity index (χ0v) is 16.7. The highest BCUT2D eigenvalue weighted by atomic mass is 16.5. The van der Waals surface area contributed by atoms with E-state index in [4.69, 9.17) is 14.2 Å². The number of anilines is 1. The van der Waals surface area contributed by atoms with Gasteiger partial charge in [0.15, 0.2) is 6.54 Å². The van der Waals surface area contributed by atoms with Gasteiger partial charge in [-0.3, -0.25) is 4.79 Å². The molecular formula is C21H27N2O5+. The van der Waals surface area contributed by atoms with Gasteiger partial charge in [-0.2, -0.15) is 0 Å². The Bertz CT molecular complexity index is 805. The normalized spacial score (nSPS) is 11.4. The van der Waals surface area contributed by atoms with Crippen molar-refractivity contribution >= 4 is 17.6 Å². The van der Waals surface area contributed by atoms with Crippen molar-refractivity contribution in [3.8, 4) is 11.5 Å². The number of hydrogen-bond donors (Lipinski definition) is 2. The Morgan fingerprint density at radius 2 is 1.75 bits per heavy atom. The van der Waals surface area contributed by atoms with E-state index in [0.29, 0.717) is 24.4 Å². The number of carbonyl (C=O) groups excluding carboxylic acids is 2. The van der Waals surface area contributed by atoms with Crippen LogP contribution >= 0.6 is 0 Å². The van der Waals surface area contributed by atoms with Crippen LogP contribution in [0.5, 0.6) is 11.5 Å². The van der Waals surface area contributed by atoms with Crippen molar-refractivity contribution in [2.24, 2.45) is 0 Å². The van der Waals surface area contributed by atoms with Gasteiger partial charge >= 0.3 is 5.97 Å². The van der Waals surface area contributed by atoms with Crippen LogP contribution in [0.25, 0.3) is 0 Å². The van der Waals surface area contributed by atoms with Crippen LogP contribution in [0.3, 0.4) is 0 Å². The van der Waals surface area contributed by atoms with Gasteiger partial charge in [0, 0.05) is 17.3 Å². The number of esters is 1. The van der Waals surface area contributed by atoms with E-state index in [1.165, 1.54) is 0 Å². The molecule has 2 aromatic carbocycles. The average molecular weight is 387 g/mol. The van der Waals surface area contributed by atoms with Gasteiger partial charge in [-0.15, -0.1) is 0 Å². The molecule has 0 bridgehead atoms. The van der Waals surface area contributed by atoms with Gasteiger partial charge in [-0.05, 0) is 43.3 Å². The van der Waals surface area contributed by atoms with E-state index in [9.17, 15) is 9.59 Å². The number of amides is 1. The Kier molecular flexibility index (Phi) is 7.83. The molecule has 0 heterocycles. The Labute approximate surface area is 165 Å². The van der Waals surface area contributed by atoms with Gasteiger partial charge in [0.05, 0.1) is 33.4 Å². The molecule has 0 spiro atoms. The van der Waals surface area contributed by atoms with Crippen LogP contribution in [0, 0.1) is 0 Å². The number of quaternary nitrogens is 1. The lowest BCUT2D eigenvalue weighted by Gasteiger charge is -2.16. The summed E-state index contributed by atoms with van der Waals surface area (Å²) in [5.41, 5.74) is 2.08. The first kappa shape index (κ1) is 21.2. The molecule has 2 rings (SSSR count). The van der Waals surface area contributed by atoms with Crippen LogP contribution in [0.4, 0.5) is 5.69 Å². The second-order valence-electron chi connectivity index (χ2n) is 6.33. The second kappa shape index (κ2) is 10.3. The Morgan fingerprint density at radius 1 is 1.04 bits per heavy atom. The van der Waals surface area contributed by atoms with Crippen molar-refractivity contribution in [3.05, 3.63) is 53.6 Å². The van der Waals surface area contributed by atoms with Crippen molar-refractivity contribution in [3.63, 3.8) is 0 Å². The molecule has 1 unspecified atom stereocenters. The maximum atomic E-state index is 12.3. The summed E-state index contributed by atoms with van der Waals surface area (Å²) in [6.45, 7) is 3.00. The summed E-state index contributed by atoms with van der Waals surface area (Å²) in [7, 11) is 5.16. The largest absolute Gasteiger partial charge is 0.497 e. The fourth-order valence-electron chi connectivity index (χ4n) is 2.77. The third kappa shape index (κ3) is 5.99. The van der Waals surface area contributed by atoms with E-state index in [-0.39, 0.29) is 18.4 Å². The summed E-state index contributed by atoms with van der Waals surface area (Å²) >= 11 is 0. The molecule has 1 amide bonds. The fraction of sp³-hybridized carbons (Fsp3) is 0.333. The number of rotatable bonds is 9. The van der Waals surface area contributed by atoms with E-state index in [1.54, 1.807) is 45.4 Å². The molecule has 2 N–H and O–H groups in total. The lowest BCUT2D eigenvalue weighted by Crippen LogP contribution is -3.08. The van der Waals surface area contributed by atoms with Crippen LogP contribution in [0.2, 0.25) is 0 Å². The van der Waals surface area contributed by atoms with Crippen molar-refractivity contribution in [2.75, 3.05) is 39.7 Å². The van der Waals surface area contributed by atoms with Crippen LogP contribution in [0.15, 0.2) is 42.5 Å². The van der Waals surface area contributed by atoms with Crippen molar-refractivity contribution < 1.29 is 28.7 Å². The molecule has 0 aliphatic heterocycles. The number of ether oxygens (including phenoxy) is 3. The minimum absolute atomic E-state index is 0.117. The van der Waals surface area contributed by atoms with Crippen LogP contribution in [-0.4, -0.2) is 46.3 Å². The summed E-state index contributed by atoms with van der Waals surface area (Å²) in [6, 6.07) is 12.3. The standard InChI is InChI=1S/C21H26N2O5/c1-5-28-21(25)15-6-9-17(10-7-15)22-20(24)14-23(2)13-16-8-11-18(26-3)12-19(16)27-4/h6-12H,5,13-14H2,1-4H3,(H,22,24)/p+1. The quantitative estimate of drug-likeness (QED) is 0.638. The first-order chi connectivity index (χ1) is 13.5. The summed E-state index contributed by atoms with van der Waals surface area (Å²) in [6.07, 6.45) is 0. The van der Waals surface area contributed by atoms with Crippen molar-refractivity contribution in [1.29, 1.82) is 0 Å². The van der Waals surface area contributed by atoms with Gasteiger partial charge in [-0.25, -0.2) is 4.79 Å². The van der Waals surface area contributed by atoms with Crippen molar-refractivity contribution in [2.45, 2.75) is 13.5 Å². The number of hydrogen-bond acceptors (Lipinski definition) is 5. The lowest BCUT2D eigenvalue weighted by atomic mass is 10.1. The predicted molar refractivity (Wildman–Crippen MR) is 106 cm³/mol. The molecule has 0 saturated carbocycles. The molecule has 1 atom stereocenters. The number of methoxy groups -OCH3 is 2. The summed E-state index contributed by atoms with van der Waals surface area (Å²) in [5.74, 6) is 0.961. The highest BCUT2D eigenvalue weighted by Gasteiger charge is 2.15. The number of carbonyl (C=O) groups is 2. The minimum atomic E-state index is -0.377. The lowest BCUT2D eigenvalue weighted by molar-refractivity contribution is -0.885. The average Bonchev–Trinajstić information content (AvgIpc) is 2.68. The van der Waals surface area contributed by atoms with Gasteiger partial charge in [0.25, 0.3) is 5.91 Å². The topological polar surface area (TPSA) is 78.3 Å². The monoisotopic (exact) mass is 387 g/mol. The molecule has 0 aliphatic rings. The first-order valence-corrected chi connectivity index (χ1v) is 9.06. The second-order valence-corrected chi connectivity index (χ2v) is 6.33. The van der Waals surface area contributed by atoms with Crippen LogP contribution in [-0.2, 0) is 16.1 Å². The van der Waals surface area contributed by atoms with Gasteiger partial charge in [0.1, 0.15) is 18.0 Å². The SMILES string of the molecule is CCOC(=O)c1ccc(NC(=O)C[NH+](C)Cc2ccc(OC)cc2OC)cc1. The Balaban J connectivity index is 1.91. The first-order valence-electron chi connectivity index (χ1n) is 9.06. The number of nitrogens with one attached hydrogen (secondary N) is 2. The number of benzene rings is 2. The zero-order valence-electron chi connectivity index (χ0n) is 16.7. The molecule has 7 heteroatoms. The fourth-order valence-corrected chi connectivity index (χ4v) is 2.77. The molecular weight excluding hydrogens is 360 g/mol. The maximum absolute atomic E-state index is 12.3. The third-order valence-electron chi connectivity index (χ3n) is 4.13. The number of likely N-dealkylation sites (N-methyl/N-ethyl adjacent to an activating group) is 1. The summed E-state index contributed by atoms with van der Waals surface area (Å²) in [4.78, 5) is 25.0. The van der Waals surface area contributed by atoms with Crippen molar-refractivity contribution in [1.82, 2.24) is 0 Å². The highest BCUT2D eigenvalue weighted by Crippen LogP contribution is 2.23. The molecule has 0 saturated heterocycles. The van der Waals surface area contributed by atoms with Gasteiger partial charge in [0.2, 0.25) is 0 Å². The molecule has 28 heavy (non-hydrogen) atoms. The Hall–Kier alpha value is -3.06. The molecule has 0 fully saturated rings. The van der Waals surface area contributed by atoms with E-state index in [1.807, 2.05) is 25.2 Å². The highest BCUT2D eigenvalue weighted by molar-refractivity contribution is 5.93. The Morgan fingerprint density at radius 3 is 2.36 bits per heavy atom. The van der Waals surface area contributed by atoms with Crippen LogP contribution < -0.4 is 19.7 Å². The minimum Gasteiger partial charge on any atom is -0.497 e. The predicted octanol–water partition coefficient (Wildman–Crippen LogP) is 1.53. The summed E-state index contributed by atoms with van der Waals surface area (Å²) in [5, 5.41) is 2.84. The van der Waals surface area contributed by atoms with E-state index in [2.05, 4.69) is 5.32 Å².